The van der Waals surface area contributed by atoms with Crippen LogP contribution in [0.25, 0.3) is 6.08 Å². The second-order valence-electron chi connectivity index (χ2n) is 8.04. The molecule has 0 heterocycles. The van der Waals surface area contributed by atoms with Gasteiger partial charge >= 0.3 is 5.97 Å². The number of rotatable bonds is 14. The number of hydrogen-bond acceptors (Lipinski definition) is 4. The molecule has 0 aromatic heterocycles. The summed E-state index contributed by atoms with van der Waals surface area (Å²) in [5, 5.41) is 12.3. The molecule has 0 aliphatic rings. The number of benzene rings is 1. The number of ether oxygens (including phenoxy) is 1. The lowest BCUT2D eigenvalue weighted by Crippen LogP contribution is -2.22. The molecule has 1 aromatic carbocycles. The predicted molar refractivity (Wildman–Crippen MR) is 126 cm³/mol. The predicted octanol–water partition coefficient (Wildman–Crippen LogP) is 6.51. The summed E-state index contributed by atoms with van der Waals surface area (Å²) >= 11 is 0. The van der Waals surface area contributed by atoms with E-state index in [-0.39, 0.29) is 17.4 Å². The van der Waals surface area contributed by atoms with Crippen molar-refractivity contribution in [2.24, 2.45) is 11.8 Å². The van der Waals surface area contributed by atoms with Gasteiger partial charge < -0.3 is 10.1 Å². The Balaban J connectivity index is 2.71. The molecule has 0 radical (unpaired) electrons. The van der Waals surface area contributed by atoms with Crippen LogP contribution < -0.4 is 5.32 Å². The van der Waals surface area contributed by atoms with E-state index in [1.165, 1.54) is 6.08 Å². The maximum atomic E-state index is 12.4. The second-order valence-corrected chi connectivity index (χ2v) is 8.04. The van der Waals surface area contributed by atoms with Crippen molar-refractivity contribution in [1.82, 2.24) is 0 Å². The standard InChI is InChI=1S/C26H38N2O3/c1-5-9-11-20(7-3)19-31-26(30)23(18-27)17-21-13-15-24(16-14-21)28-25(29)22(8-4)12-10-6-2/h13-17,20,22H,5-12,19H2,1-4H3,(H,28,29)/b23-17+. The Bertz CT molecular complexity index is 747. The number of unbranched alkanes of at least 4 members (excludes halogenated alkanes) is 2. The molecule has 5 heteroatoms. The third-order valence-corrected chi connectivity index (χ3v) is 5.59. The smallest absolute Gasteiger partial charge is 0.348 e. The Hall–Kier alpha value is -2.61. The highest BCUT2D eigenvalue weighted by Crippen LogP contribution is 2.18. The van der Waals surface area contributed by atoms with Crippen molar-refractivity contribution >= 4 is 23.6 Å². The second kappa shape index (κ2) is 15.2. The van der Waals surface area contributed by atoms with Crippen molar-refractivity contribution in [2.45, 2.75) is 79.1 Å². The zero-order valence-corrected chi connectivity index (χ0v) is 19.6. The molecule has 5 nitrogen and oxygen atoms in total. The van der Waals surface area contributed by atoms with Gasteiger partial charge in [0.1, 0.15) is 11.6 Å². The highest BCUT2D eigenvalue weighted by atomic mass is 16.5. The number of nitrogens with one attached hydrogen (secondary N) is 1. The van der Waals surface area contributed by atoms with Gasteiger partial charge in [-0.25, -0.2) is 4.79 Å². The molecule has 0 saturated carbocycles. The maximum absolute atomic E-state index is 12.4. The molecule has 0 bridgehead atoms. The van der Waals surface area contributed by atoms with Gasteiger partial charge in [0.2, 0.25) is 5.91 Å². The highest BCUT2D eigenvalue weighted by molar-refractivity contribution is 5.98. The molecule has 0 spiro atoms. The van der Waals surface area contributed by atoms with Crippen LogP contribution in [0, 0.1) is 23.2 Å². The molecule has 0 fully saturated rings. The molecule has 2 atom stereocenters. The minimum absolute atomic E-state index is 0.0174. The first kappa shape index (κ1) is 26.4. The first-order valence-electron chi connectivity index (χ1n) is 11.7. The van der Waals surface area contributed by atoms with Crippen molar-refractivity contribution in [3.05, 3.63) is 35.4 Å². The van der Waals surface area contributed by atoms with Crippen LogP contribution in [-0.2, 0) is 14.3 Å². The summed E-state index contributed by atoms with van der Waals surface area (Å²) in [4.78, 5) is 24.7. The number of anilines is 1. The van der Waals surface area contributed by atoms with Crippen LogP contribution in [0.2, 0.25) is 0 Å². The Labute approximate surface area is 187 Å². The number of carbonyl (C=O) groups is 2. The van der Waals surface area contributed by atoms with E-state index in [2.05, 4.69) is 26.1 Å². The maximum Gasteiger partial charge on any atom is 0.348 e. The van der Waals surface area contributed by atoms with Gasteiger partial charge in [0.25, 0.3) is 0 Å². The number of amides is 1. The minimum atomic E-state index is -0.587. The van der Waals surface area contributed by atoms with E-state index in [0.29, 0.717) is 23.8 Å². The fraction of sp³-hybridized carbons (Fsp3) is 0.577. The highest BCUT2D eigenvalue weighted by Gasteiger charge is 2.16. The topological polar surface area (TPSA) is 79.2 Å². The SMILES string of the molecule is CCCCC(CC)COC(=O)/C(C#N)=C/c1ccc(NC(=O)C(CC)CCCC)cc1. The molecule has 1 N–H and O–H groups in total. The fourth-order valence-electron chi connectivity index (χ4n) is 3.35. The summed E-state index contributed by atoms with van der Waals surface area (Å²) in [5.74, 6) is -0.203. The molecule has 0 aliphatic carbocycles. The lowest BCUT2D eigenvalue weighted by Gasteiger charge is -2.15. The lowest BCUT2D eigenvalue weighted by molar-refractivity contribution is -0.139. The van der Waals surface area contributed by atoms with Gasteiger partial charge in [-0.05, 0) is 49.0 Å². The van der Waals surface area contributed by atoms with Crippen LogP contribution in [0.15, 0.2) is 29.8 Å². The number of hydrogen-bond donors (Lipinski definition) is 1. The van der Waals surface area contributed by atoms with E-state index in [0.717, 1.165) is 51.4 Å². The van der Waals surface area contributed by atoms with Crippen molar-refractivity contribution in [1.29, 1.82) is 5.26 Å². The molecule has 1 aromatic rings. The van der Waals surface area contributed by atoms with Gasteiger partial charge in [-0.2, -0.15) is 5.26 Å². The average molecular weight is 427 g/mol. The Kier molecular flexibility index (Phi) is 13.0. The fourth-order valence-corrected chi connectivity index (χ4v) is 3.35. The van der Waals surface area contributed by atoms with Gasteiger partial charge in [-0.1, -0.05) is 71.9 Å². The number of esters is 1. The third-order valence-electron chi connectivity index (χ3n) is 5.59. The molecule has 170 valence electrons. The van der Waals surface area contributed by atoms with Crippen LogP contribution in [0.3, 0.4) is 0 Å². The van der Waals surface area contributed by atoms with Crippen LogP contribution in [-0.4, -0.2) is 18.5 Å². The first-order chi connectivity index (χ1) is 15.0. The Morgan fingerprint density at radius 1 is 1.03 bits per heavy atom. The number of carbonyl (C=O) groups excluding carboxylic acids is 2. The molecule has 1 amide bonds. The molecule has 0 saturated heterocycles. The van der Waals surface area contributed by atoms with E-state index in [1.807, 2.05) is 13.0 Å². The van der Waals surface area contributed by atoms with Crippen LogP contribution in [0.1, 0.15) is 84.6 Å². The molecule has 1 rings (SSSR count). The van der Waals surface area contributed by atoms with Crippen molar-refractivity contribution in [3.8, 4) is 6.07 Å². The van der Waals surface area contributed by atoms with Gasteiger partial charge in [0.05, 0.1) is 6.61 Å². The van der Waals surface area contributed by atoms with Crippen molar-refractivity contribution in [3.63, 3.8) is 0 Å². The molecule has 31 heavy (non-hydrogen) atoms. The number of nitriles is 1. The van der Waals surface area contributed by atoms with E-state index >= 15 is 0 Å². The number of nitrogens with zero attached hydrogens (tertiary/aromatic N) is 1. The van der Waals surface area contributed by atoms with E-state index in [1.54, 1.807) is 24.3 Å². The summed E-state index contributed by atoms with van der Waals surface area (Å²) < 4.78 is 5.38. The minimum Gasteiger partial charge on any atom is -0.461 e. The summed E-state index contributed by atoms with van der Waals surface area (Å²) in [6.45, 7) is 8.72. The van der Waals surface area contributed by atoms with Crippen LogP contribution in [0.5, 0.6) is 0 Å². The summed E-state index contributed by atoms with van der Waals surface area (Å²) in [5.41, 5.74) is 1.40. The quantitative estimate of drug-likeness (QED) is 0.209. The Morgan fingerprint density at radius 3 is 2.23 bits per heavy atom. The van der Waals surface area contributed by atoms with Gasteiger partial charge in [0.15, 0.2) is 0 Å². The van der Waals surface area contributed by atoms with E-state index in [9.17, 15) is 14.9 Å². The summed E-state index contributed by atoms with van der Waals surface area (Å²) in [7, 11) is 0. The average Bonchev–Trinajstić information content (AvgIpc) is 2.79. The van der Waals surface area contributed by atoms with E-state index in [4.69, 9.17) is 4.74 Å². The van der Waals surface area contributed by atoms with Crippen molar-refractivity contribution in [2.75, 3.05) is 11.9 Å². The monoisotopic (exact) mass is 426 g/mol. The van der Waals surface area contributed by atoms with Crippen LogP contribution >= 0.6 is 0 Å². The van der Waals surface area contributed by atoms with Crippen LogP contribution in [0.4, 0.5) is 5.69 Å². The largest absolute Gasteiger partial charge is 0.461 e. The van der Waals surface area contributed by atoms with E-state index < -0.39 is 5.97 Å². The Morgan fingerprint density at radius 2 is 1.68 bits per heavy atom. The normalized spacial score (nSPS) is 13.2. The third kappa shape index (κ3) is 9.83. The summed E-state index contributed by atoms with van der Waals surface area (Å²) in [6.07, 6.45) is 9.55. The molecule has 2 unspecified atom stereocenters. The molecular weight excluding hydrogens is 388 g/mol. The lowest BCUT2D eigenvalue weighted by atomic mass is 9.98. The molecular formula is C26H38N2O3. The van der Waals surface area contributed by atoms with Crippen molar-refractivity contribution < 1.29 is 14.3 Å². The zero-order chi connectivity index (χ0) is 23.1. The van der Waals surface area contributed by atoms with Gasteiger partial charge in [0, 0.05) is 11.6 Å². The summed E-state index contributed by atoms with van der Waals surface area (Å²) in [6, 6.07) is 9.08. The van der Waals surface area contributed by atoms with Gasteiger partial charge in [-0.3, -0.25) is 4.79 Å². The zero-order valence-electron chi connectivity index (χ0n) is 19.6. The first-order valence-corrected chi connectivity index (χ1v) is 11.7. The van der Waals surface area contributed by atoms with Gasteiger partial charge in [-0.15, -0.1) is 0 Å². The molecule has 0 aliphatic heterocycles.